The quantitative estimate of drug-likeness (QED) is 0.888. The maximum atomic E-state index is 12.8. The molecule has 1 saturated carbocycles. The molecule has 1 saturated heterocycles. The van der Waals surface area contributed by atoms with E-state index in [0.717, 1.165) is 55.8 Å². The molecule has 0 bridgehead atoms. The molecule has 3 aliphatic rings. The van der Waals surface area contributed by atoms with Crippen LogP contribution in [-0.4, -0.2) is 32.2 Å². The highest BCUT2D eigenvalue weighted by Crippen LogP contribution is 2.42. The minimum Gasteiger partial charge on any atom is -0.486 e. The molecule has 1 aromatic carbocycles. The monoisotopic (exact) mass is 330 g/mol. The van der Waals surface area contributed by atoms with Crippen LogP contribution in [0.2, 0.25) is 0 Å². The van der Waals surface area contributed by atoms with Crippen LogP contribution in [-0.2, 0) is 10.3 Å². The summed E-state index contributed by atoms with van der Waals surface area (Å²) in [6, 6.07) is 6.14. The van der Waals surface area contributed by atoms with E-state index in [2.05, 4.69) is 22.8 Å². The average Bonchev–Trinajstić information content (AvgIpc) is 3.02. The fourth-order valence-corrected chi connectivity index (χ4v) is 4.03. The predicted molar refractivity (Wildman–Crippen MR) is 91.2 cm³/mol. The van der Waals surface area contributed by atoms with E-state index in [1.165, 1.54) is 0 Å². The van der Waals surface area contributed by atoms with Crippen molar-refractivity contribution in [3.8, 4) is 11.5 Å². The van der Waals surface area contributed by atoms with Gasteiger partial charge < -0.3 is 20.1 Å². The molecule has 1 aromatic rings. The lowest BCUT2D eigenvalue weighted by molar-refractivity contribution is -0.128. The van der Waals surface area contributed by atoms with Crippen molar-refractivity contribution in [3.63, 3.8) is 0 Å². The molecule has 24 heavy (non-hydrogen) atoms. The summed E-state index contributed by atoms with van der Waals surface area (Å²) in [5.74, 6) is 2.30. The van der Waals surface area contributed by atoms with Crippen LogP contribution in [0.3, 0.4) is 0 Å². The zero-order valence-corrected chi connectivity index (χ0v) is 14.3. The first-order chi connectivity index (χ1) is 11.7. The van der Waals surface area contributed by atoms with Gasteiger partial charge in [-0.15, -0.1) is 0 Å². The van der Waals surface area contributed by atoms with Gasteiger partial charge in [-0.1, -0.05) is 25.8 Å². The highest BCUT2D eigenvalue weighted by molar-refractivity contribution is 5.80. The summed E-state index contributed by atoms with van der Waals surface area (Å²) < 4.78 is 11.4. The Morgan fingerprint density at radius 1 is 1.21 bits per heavy atom. The van der Waals surface area contributed by atoms with Crippen molar-refractivity contribution in [2.24, 2.45) is 11.8 Å². The van der Waals surface area contributed by atoms with E-state index < -0.39 is 0 Å². The molecular formula is C19H26N2O3. The van der Waals surface area contributed by atoms with Crippen LogP contribution in [0.15, 0.2) is 18.2 Å². The molecule has 5 nitrogen and oxygen atoms in total. The zero-order valence-electron chi connectivity index (χ0n) is 14.3. The van der Waals surface area contributed by atoms with Gasteiger partial charge in [-0.05, 0) is 49.5 Å². The van der Waals surface area contributed by atoms with E-state index in [1.54, 1.807) is 0 Å². The van der Waals surface area contributed by atoms with Crippen LogP contribution < -0.4 is 20.1 Å². The van der Waals surface area contributed by atoms with Crippen LogP contribution in [0, 0.1) is 11.8 Å². The summed E-state index contributed by atoms with van der Waals surface area (Å²) in [4.78, 5) is 12.8. The number of hydrogen-bond donors (Lipinski definition) is 2. The molecule has 0 radical (unpaired) electrons. The molecule has 2 heterocycles. The number of ether oxygens (including phenoxy) is 2. The Morgan fingerprint density at radius 2 is 1.92 bits per heavy atom. The average molecular weight is 330 g/mol. The van der Waals surface area contributed by atoms with Gasteiger partial charge in [0.1, 0.15) is 13.2 Å². The van der Waals surface area contributed by atoms with Crippen molar-refractivity contribution in [2.45, 2.75) is 38.1 Å². The number of carbonyl (C=O) groups excluding carboxylic acids is 1. The fourth-order valence-electron chi connectivity index (χ4n) is 4.03. The molecule has 2 fully saturated rings. The summed E-state index contributed by atoms with van der Waals surface area (Å²) in [5, 5.41) is 6.66. The minimum atomic E-state index is -0.252. The number of benzene rings is 1. The summed E-state index contributed by atoms with van der Waals surface area (Å²) >= 11 is 0. The lowest BCUT2D eigenvalue weighted by Crippen LogP contribution is -2.53. The Morgan fingerprint density at radius 3 is 2.58 bits per heavy atom. The van der Waals surface area contributed by atoms with E-state index in [1.807, 2.05) is 13.0 Å². The summed E-state index contributed by atoms with van der Waals surface area (Å²) in [6.45, 7) is 5.13. The zero-order chi connectivity index (χ0) is 16.6. The number of hydrogen-bond acceptors (Lipinski definition) is 4. The van der Waals surface area contributed by atoms with Gasteiger partial charge in [-0.25, -0.2) is 0 Å². The molecule has 1 atom stereocenters. The summed E-state index contributed by atoms with van der Waals surface area (Å²) in [5.41, 5.74) is 0.898. The van der Waals surface area contributed by atoms with Crippen LogP contribution in [0.1, 0.15) is 38.2 Å². The van der Waals surface area contributed by atoms with Gasteiger partial charge in [0.2, 0.25) is 5.91 Å². The molecule has 2 aliphatic heterocycles. The van der Waals surface area contributed by atoms with Gasteiger partial charge in [0.25, 0.3) is 0 Å². The van der Waals surface area contributed by atoms with E-state index in [-0.39, 0.29) is 17.4 Å². The maximum Gasteiger partial charge on any atom is 0.223 e. The predicted octanol–water partition coefficient (Wildman–Crippen LogP) is 2.20. The Bertz CT molecular complexity index is 621. The number of rotatable bonds is 4. The fraction of sp³-hybridized carbons (Fsp3) is 0.632. The number of carbonyl (C=O) groups is 1. The number of nitrogens with one attached hydrogen (secondary N) is 2. The Balaban J connectivity index is 1.57. The lowest BCUT2D eigenvalue weighted by atomic mass is 9.84. The molecule has 1 aliphatic carbocycles. The molecule has 5 heteroatoms. The van der Waals surface area contributed by atoms with E-state index in [4.69, 9.17) is 9.47 Å². The number of amides is 1. The van der Waals surface area contributed by atoms with Crippen LogP contribution in [0.5, 0.6) is 11.5 Å². The number of fused-ring (bicyclic) bond motifs is 1. The Hall–Kier alpha value is -1.75. The molecule has 130 valence electrons. The lowest BCUT2D eigenvalue weighted by Gasteiger charge is -2.37. The third-order valence-corrected chi connectivity index (χ3v) is 5.85. The topological polar surface area (TPSA) is 59.6 Å². The minimum absolute atomic E-state index is 0.0564. The van der Waals surface area contributed by atoms with E-state index >= 15 is 0 Å². The highest BCUT2D eigenvalue weighted by atomic mass is 16.6. The SMILES string of the molecule is CC(C(=O)NC1(c2ccc3c(c2)OCCO3)CCCC1)C1CNC1. The second-order valence-corrected chi connectivity index (χ2v) is 7.34. The molecule has 1 unspecified atom stereocenters. The molecule has 2 N–H and O–H groups in total. The third-order valence-electron chi connectivity index (χ3n) is 5.85. The van der Waals surface area contributed by atoms with Crippen LogP contribution in [0.25, 0.3) is 0 Å². The molecule has 4 rings (SSSR count). The first-order valence-corrected chi connectivity index (χ1v) is 9.11. The van der Waals surface area contributed by atoms with Gasteiger partial charge in [0.05, 0.1) is 5.54 Å². The van der Waals surface area contributed by atoms with Gasteiger partial charge in [0.15, 0.2) is 11.5 Å². The second kappa shape index (κ2) is 6.28. The van der Waals surface area contributed by atoms with Gasteiger partial charge in [0, 0.05) is 5.92 Å². The van der Waals surface area contributed by atoms with Crippen molar-refractivity contribution in [1.29, 1.82) is 0 Å². The standard InChI is InChI=1S/C19H26N2O3/c1-13(14-11-20-12-14)18(22)21-19(6-2-3-7-19)15-4-5-16-17(10-15)24-9-8-23-16/h4-5,10,13-14,20H,2-3,6-9,11-12H2,1H3,(H,21,22). The van der Waals surface area contributed by atoms with Crippen LogP contribution >= 0.6 is 0 Å². The largest absolute Gasteiger partial charge is 0.486 e. The van der Waals surface area contributed by atoms with Crippen molar-refractivity contribution in [1.82, 2.24) is 10.6 Å². The second-order valence-electron chi connectivity index (χ2n) is 7.34. The first kappa shape index (κ1) is 15.8. The van der Waals surface area contributed by atoms with Crippen molar-refractivity contribution >= 4 is 5.91 Å². The molecule has 1 amide bonds. The first-order valence-electron chi connectivity index (χ1n) is 9.11. The van der Waals surface area contributed by atoms with Gasteiger partial charge in [-0.2, -0.15) is 0 Å². The van der Waals surface area contributed by atoms with Crippen molar-refractivity contribution in [2.75, 3.05) is 26.3 Å². The summed E-state index contributed by atoms with van der Waals surface area (Å²) in [7, 11) is 0. The van der Waals surface area contributed by atoms with E-state index in [9.17, 15) is 4.79 Å². The highest BCUT2D eigenvalue weighted by Gasteiger charge is 2.40. The maximum absolute atomic E-state index is 12.8. The normalized spacial score (nSPS) is 23.4. The molecule has 0 spiro atoms. The Kier molecular flexibility index (Phi) is 4.12. The van der Waals surface area contributed by atoms with Gasteiger partial charge >= 0.3 is 0 Å². The van der Waals surface area contributed by atoms with Gasteiger partial charge in [-0.3, -0.25) is 4.79 Å². The van der Waals surface area contributed by atoms with Crippen molar-refractivity contribution in [3.05, 3.63) is 23.8 Å². The summed E-state index contributed by atoms with van der Waals surface area (Å²) in [6.07, 6.45) is 4.28. The van der Waals surface area contributed by atoms with E-state index in [0.29, 0.717) is 19.1 Å². The Labute approximate surface area is 143 Å². The molecular weight excluding hydrogens is 304 g/mol. The third kappa shape index (κ3) is 2.75. The van der Waals surface area contributed by atoms with Crippen LogP contribution in [0.4, 0.5) is 0 Å². The molecule has 0 aromatic heterocycles. The van der Waals surface area contributed by atoms with Crippen molar-refractivity contribution < 1.29 is 14.3 Å². The smallest absolute Gasteiger partial charge is 0.223 e.